The first-order valence-electron chi connectivity index (χ1n) is 9.83. The van der Waals surface area contributed by atoms with Gasteiger partial charge in [-0.1, -0.05) is 18.2 Å². The van der Waals surface area contributed by atoms with E-state index in [2.05, 4.69) is 25.0 Å². The van der Waals surface area contributed by atoms with Crippen molar-refractivity contribution in [1.29, 1.82) is 0 Å². The highest BCUT2D eigenvalue weighted by atomic mass is 19.4. The van der Waals surface area contributed by atoms with Crippen molar-refractivity contribution in [2.45, 2.75) is 19.3 Å². The average molecular weight is 471 g/mol. The Bertz CT molecular complexity index is 1670. The van der Waals surface area contributed by atoms with E-state index < -0.39 is 29.8 Å². The van der Waals surface area contributed by atoms with E-state index in [0.29, 0.717) is 16.6 Å². The van der Waals surface area contributed by atoms with Crippen molar-refractivity contribution in [3.8, 4) is 11.5 Å². The van der Waals surface area contributed by atoms with Crippen LogP contribution in [0.2, 0.25) is 0 Å². The zero-order valence-corrected chi connectivity index (χ0v) is 17.0. The lowest BCUT2D eigenvalue weighted by atomic mass is 10.2. The molecule has 0 saturated carbocycles. The van der Waals surface area contributed by atoms with Crippen LogP contribution >= 0.6 is 0 Å². The van der Waals surface area contributed by atoms with Crippen LogP contribution in [0.25, 0.3) is 33.6 Å². The molecule has 1 aromatic carbocycles. The highest BCUT2D eigenvalue weighted by Crippen LogP contribution is 2.25. The Morgan fingerprint density at radius 3 is 2.56 bits per heavy atom. The molecule has 0 bridgehead atoms. The summed E-state index contributed by atoms with van der Waals surface area (Å²) in [6, 6.07) is 9.53. The second kappa shape index (κ2) is 7.86. The number of hydrogen-bond acceptors (Lipinski definition) is 6. The molecule has 0 unspecified atom stereocenters. The first kappa shape index (κ1) is 21.4. The smallest absolute Gasteiger partial charge is 0.291 e. The lowest BCUT2D eigenvalue weighted by molar-refractivity contribution is -0.141. The zero-order valence-electron chi connectivity index (χ0n) is 17.0. The predicted octanol–water partition coefficient (Wildman–Crippen LogP) is 2.64. The van der Waals surface area contributed by atoms with Gasteiger partial charge in [-0.3, -0.25) is 14.3 Å². The molecule has 4 heterocycles. The van der Waals surface area contributed by atoms with Gasteiger partial charge in [0.1, 0.15) is 23.4 Å². The van der Waals surface area contributed by atoms with E-state index in [1.807, 2.05) is 0 Å². The largest absolute Gasteiger partial charge is 0.406 e. The number of H-pyrrole nitrogens is 1. The molecule has 0 aliphatic carbocycles. The van der Waals surface area contributed by atoms with Gasteiger partial charge in [-0.05, 0) is 18.2 Å². The van der Waals surface area contributed by atoms with Gasteiger partial charge in [0.15, 0.2) is 17.1 Å². The van der Waals surface area contributed by atoms with E-state index in [1.54, 1.807) is 30.3 Å². The van der Waals surface area contributed by atoms with Crippen LogP contribution in [-0.2, 0) is 13.1 Å². The minimum absolute atomic E-state index is 0.00130. The maximum atomic E-state index is 14.2. The van der Waals surface area contributed by atoms with Crippen LogP contribution in [0.1, 0.15) is 5.56 Å². The quantitative estimate of drug-likeness (QED) is 0.404. The molecule has 0 atom stereocenters. The van der Waals surface area contributed by atoms with Crippen LogP contribution in [0.3, 0.4) is 0 Å². The minimum atomic E-state index is -4.76. The molecule has 9 nitrogen and oxygen atoms in total. The molecular weight excluding hydrogens is 458 g/mol. The highest BCUT2D eigenvalue weighted by molar-refractivity contribution is 5.90. The Labute approximate surface area is 186 Å². The number of aromatic amines is 1. The van der Waals surface area contributed by atoms with Crippen LogP contribution in [-0.4, -0.2) is 40.5 Å². The maximum Gasteiger partial charge on any atom is 0.406 e. The minimum Gasteiger partial charge on any atom is -0.291 e. The van der Waals surface area contributed by atoms with E-state index in [9.17, 15) is 27.2 Å². The molecule has 4 aromatic heterocycles. The average Bonchev–Trinajstić information content (AvgIpc) is 3.16. The Balaban J connectivity index is 1.64. The van der Waals surface area contributed by atoms with Gasteiger partial charge in [-0.25, -0.2) is 28.8 Å². The van der Waals surface area contributed by atoms with Crippen LogP contribution < -0.4 is 11.2 Å². The van der Waals surface area contributed by atoms with Crippen LogP contribution in [0, 0.1) is 5.82 Å². The Hall–Kier alpha value is -4.42. The molecule has 0 spiro atoms. The molecule has 34 heavy (non-hydrogen) atoms. The molecule has 0 amide bonds. The van der Waals surface area contributed by atoms with E-state index in [-0.39, 0.29) is 33.7 Å². The highest BCUT2D eigenvalue weighted by Gasteiger charge is 2.30. The second-order valence-electron chi connectivity index (χ2n) is 7.36. The molecule has 0 saturated heterocycles. The van der Waals surface area contributed by atoms with E-state index in [0.717, 1.165) is 6.20 Å². The van der Waals surface area contributed by atoms with Crippen molar-refractivity contribution < 1.29 is 17.6 Å². The SMILES string of the molecule is O=c1[nH]c2nc(-c3nn(Cc4ccccc4F)c4ncccc34)ncc2c(=O)n1CC(F)(F)F. The number of aromatic nitrogens is 7. The molecule has 1 N–H and O–H groups in total. The van der Waals surface area contributed by atoms with Crippen molar-refractivity contribution in [3.63, 3.8) is 0 Å². The van der Waals surface area contributed by atoms with E-state index in [1.165, 1.54) is 16.9 Å². The van der Waals surface area contributed by atoms with Crippen LogP contribution in [0.5, 0.6) is 0 Å². The normalized spacial score (nSPS) is 12.0. The number of halogens is 4. The van der Waals surface area contributed by atoms with Crippen molar-refractivity contribution >= 4 is 22.1 Å². The molecule has 0 fully saturated rings. The fourth-order valence-corrected chi connectivity index (χ4v) is 3.55. The number of alkyl halides is 3. The van der Waals surface area contributed by atoms with Gasteiger partial charge >= 0.3 is 11.9 Å². The van der Waals surface area contributed by atoms with E-state index in [4.69, 9.17) is 0 Å². The number of rotatable bonds is 4. The zero-order chi connectivity index (χ0) is 24.0. The molecule has 0 aliphatic rings. The van der Waals surface area contributed by atoms with Gasteiger partial charge in [0, 0.05) is 18.0 Å². The third kappa shape index (κ3) is 3.80. The molecule has 0 radical (unpaired) electrons. The lowest BCUT2D eigenvalue weighted by Gasteiger charge is -2.09. The van der Waals surface area contributed by atoms with Crippen molar-refractivity contribution in [3.05, 3.63) is 81.0 Å². The molecule has 0 aliphatic heterocycles. The molecule has 5 aromatic rings. The summed E-state index contributed by atoms with van der Waals surface area (Å²) < 4.78 is 53.9. The number of benzene rings is 1. The summed E-state index contributed by atoms with van der Waals surface area (Å²) in [5.41, 5.74) is -1.63. The topological polar surface area (TPSA) is 111 Å². The third-order valence-electron chi connectivity index (χ3n) is 5.07. The number of nitrogens with one attached hydrogen (secondary N) is 1. The van der Waals surface area contributed by atoms with Gasteiger partial charge in [0.25, 0.3) is 5.56 Å². The Kier molecular flexibility index (Phi) is 4.96. The second-order valence-corrected chi connectivity index (χ2v) is 7.36. The summed E-state index contributed by atoms with van der Waals surface area (Å²) in [6.07, 6.45) is -2.20. The number of nitrogens with zero attached hydrogens (tertiary/aromatic N) is 6. The monoisotopic (exact) mass is 471 g/mol. The van der Waals surface area contributed by atoms with Crippen LogP contribution in [0.15, 0.2) is 58.4 Å². The first-order valence-corrected chi connectivity index (χ1v) is 9.83. The lowest BCUT2D eigenvalue weighted by Crippen LogP contribution is -2.39. The van der Waals surface area contributed by atoms with Crippen molar-refractivity contribution in [2.75, 3.05) is 0 Å². The fourth-order valence-electron chi connectivity index (χ4n) is 3.55. The van der Waals surface area contributed by atoms with Crippen molar-refractivity contribution in [1.82, 2.24) is 34.3 Å². The summed E-state index contributed by atoms with van der Waals surface area (Å²) in [6.45, 7) is -1.68. The van der Waals surface area contributed by atoms with Gasteiger partial charge < -0.3 is 0 Å². The van der Waals surface area contributed by atoms with Gasteiger partial charge in [-0.15, -0.1) is 0 Å². The van der Waals surface area contributed by atoms with Crippen LogP contribution in [0.4, 0.5) is 17.6 Å². The summed E-state index contributed by atoms with van der Waals surface area (Å²) in [5, 5.41) is 4.68. The summed E-state index contributed by atoms with van der Waals surface area (Å²) in [7, 11) is 0. The van der Waals surface area contributed by atoms with Gasteiger partial charge in [0.2, 0.25) is 0 Å². The number of fused-ring (bicyclic) bond motifs is 2. The molecular formula is C21H13F4N7O2. The molecule has 172 valence electrons. The molecule has 13 heteroatoms. The number of pyridine rings is 1. The standard InChI is InChI=1S/C21H13F4N7O2/c22-14-6-2-1-4-11(14)9-32-18-12(5-3-7-26-18)15(30-32)17-27-8-13-16(28-17)29-20(34)31(19(13)33)10-21(23,24)25/h1-8H,9-10H2,(H,27,28,29,34). The van der Waals surface area contributed by atoms with Gasteiger partial charge in [0.05, 0.1) is 11.9 Å². The summed E-state index contributed by atoms with van der Waals surface area (Å²) in [5.74, 6) is -0.417. The van der Waals surface area contributed by atoms with Gasteiger partial charge in [-0.2, -0.15) is 18.3 Å². The molecule has 5 rings (SSSR count). The third-order valence-corrected chi connectivity index (χ3v) is 5.07. The first-order chi connectivity index (χ1) is 16.2. The Morgan fingerprint density at radius 1 is 1.00 bits per heavy atom. The maximum absolute atomic E-state index is 14.2. The van der Waals surface area contributed by atoms with Crippen molar-refractivity contribution in [2.24, 2.45) is 0 Å². The summed E-state index contributed by atoms with van der Waals surface area (Å²) >= 11 is 0. The fraction of sp³-hybridized carbons (Fsp3) is 0.143. The summed E-state index contributed by atoms with van der Waals surface area (Å²) in [4.78, 5) is 39.3. The number of hydrogen-bond donors (Lipinski definition) is 1. The van der Waals surface area contributed by atoms with E-state index >= 15 is 0 Å². The predicted molar refractivity (Wildman–Crippen MR) is 112 cm³/mol. The Morgan fingerprint density at radius 2 is 1.79 bits per heavy atom.